The van der Waals surface area contributed by atoms with Crippen molar-refractivity contribution in [2.75, 3.05) is 6.61 Å². The molecule has 31 heavy (non-hydrogen) atoms. The van der Waals surface area contributed by atoms with Crippen LogP contribution in [0.15, 0.2) is 36.5 Å². The van der Waals surface area contributed by atoms with E-state index in [2.05, 4.69) is 9.97 Å². The van der Waals surface area contributed by atoms with Crippen LogP contribution in [0.25, 0.3) is 11.0 Å². The lowest BCUT2D eigenvalue weighted by Gasteiger charge is -2.19. The molecule has 0 aliphatic heterocycles. The molecule has 2 heterocycles. The molecule has 1 aliphatic carbocycles. The van der Waals surface area contributed by atoms with Gasteiger partial charge in [-0.1, -0.05) is 25.0 Å². The Balaban J connectivity index is 1.52. The summed E-state index contributed by atoms with van der Waals surface area (Å²) in [6.45, 7) is 1.96. The van der Waals surface area contributed by atoms with Crippen molar-refractivity contribution < 1.29 is 27.4 Å². The van der Waals surface area contributed by atoms with Gasteiger partial charge in [0.2, 0.25) is 0 Å². The summed E-state index contributed by atoms with van der Waals surface area (Å²) in [6.07, 6.45) is 0.608. The molecule has 0 unspecified atom stereocenters. The Morgan fingerprint density at radius 3 is 2.68 bits per heavy atom. The average Bonchev–Trinajstić information content (AvgIpc) is 3.41. The summed E-state index contributed by atoms with van der Waals surface area (Å²) in [6, 6.07) is 7.76. The average molecular weight is 432 g/mol. The highest BCUT2D eigenvalue weighted by atomic mass is 19.4. The fourth-order valence-electron chi connectivity index (χ4n) is 4.09. The second-order valence-corrected chi connectivity index (χ2v) is 7.70. The van der Waals surface area contributed by atoms with Crippen molar-refractivity contribution in [2.45, 2.75) is 51.3 Å². The Morgan fingerprint density at radius 1 is 1.19 bits per heavy atom. The minimum Gasteiger partial charge on any atom is -0.487 e. The molecular formula is C23H23F3N2O3. The molecule has 1 aliphatic rings. The molecule has 1 N–H and O–H groups in total. The summed E-state index contributed by atoms with van der Waals surface area (Å²) >= 11 is 0. The van der Waals surface area contributed by atoms with Gasteiger partial charge in [-0.2, -0.15) is 13.2 Å². The zero-order chi connectivity index (χ0) is 22.0. The molecule has 3 aromatic rings. The largest absolute Gasteiger partial charge is 0.487 e. The third-order valence-corrected chi connectivity index (χ3v) is 5.56. The first-order valence-corrected chi connectivity index (χ1v) is 10.3. The minimum absolute atomic E-state index is 0.0175. The maximum atomic E-state index is 13.6. The summed E-state index contributed by atoms with van der Waals surface area (Å²) in [5, 5.41) is 0.646. The van der Waals surface area contributed by atoms with Gasteiger partial charge in [0, 0.05) is 5.39 Å². The molecule has 1 aromatic carbocycles. The molecule has 0 amide bonds. The molecule has 0 bridgehead atoms. The summed E-state index contributed by atoms with van der Waals surface area (Å²) in [7, 11) is 0. The predicted molar refractivity (Wildman–Crippen MR) is 109 cm³/mol. The van der Waals surface area contributed by atoms with Gasteiger partial charge in [0.25, 0.3) is 0 Å². The van der Waals surface area contributed by atoms with Crippen molar-refractivity contribution in [3.05, 3.63) is 58.9 Å². The van der Waals surface area contributed by atoms with Gasteiger partial charge >= 0.3 is 12.1 Å². The third kappa shape index (κ3) is 4.68. The van der Waals surface area contributed by atoms with Crippen molar-refractivity contribution >= 4 is 17.0 Å². The van der Waals surface area contributed by atoms with Gasteiger partial charge in [-0.25, -0.2) is 9.78 Å². The number of nitrogens with zero attached hydrogens (tertiary/aromatic N) is 1. The summed E-state index contributed by atoms with van der Waals surface area (Å²) in [5.41, 5.74) is 1.03. The van der Waals surface area contributed by atoms with E-state index in [0.29, 0.717) is 27.9 Å². The second-order valence-electron chi connectivity index (χ2n) is 7.70. The topological polar surface area (TPSA) is 64.2 Å². The zero-order valence-corrected chi connectivity index (χ0v) is 17.1. The Hall–Kier alpha value is -3.03. The van der Waals surface area contributed by atoms with Crippen LogP contribution in [0, 0.1) is 0 Å². The van der Waals surface area contributed by atoms with Gasteiger partial charge in [0.05, 0.1) is 18.4 Å². The van der Waals surface area contributed by atoms with E-state index in [4.69, 9.17) is 9.47 Å². The number of H-pyrrole nitrogens is 1. The lowest BCUT2D eigenvalue weighted by molar-refractivity contribution is -0.138. The number of carbonyl (C=O) groups excluding carboxylic acids is 1. The highest BCUT2D eigenvalue weighted by molar-refractivity contribution is 5.93. The number of rotatable bonds is 6. The number of nitrogens with one attached hydrogen (secondary N) is 1. The highest BCUT2D eigenvalue weighted by Crippen LogP contribution is 2.42. The fourth-order valence-corrected chi connectivity index (χ4v) is 4.09. The molecule has 164 valence electrons. The van der Waals surface area contributed by atoms with Gasteiger partial charge in [-0.3, -0.25) is 0 Å². The van der Waals surface area contributed by atoms with E-state index in [-0.39, 0.29) is 24.8 Å². The number of fused-ring (bicyclic) bond motifs is 1. The van der Waals surface area contributed by atoms with Crippen LogP contribution in [0.3, 0.4) is 0 Å². The Labute approximate surface area is 177 Å². The number of alkyl halides is 3. The van der Waals surface area contributed by atoms with Crippen molar-refractivity contribution in [1.29, 1.82) is 0 Å². The number of aromatic amines is 1. The third-order valence-electron chi connectivity index (χ3n) is 5.56. The molecule has 2 aromatic heterocycles. The van der Waals surface area contributed by atoms with Gasteiger partial charge in [-0.05, 0) is 55.0 Å². The number of ether oxygens (including phenoxy) is 2. The zero-order valence-electron chi connectivity index (χ0n) is 17.1. The molecule has 4 rings (SSSR count). The maximum Gasteiger partial charge on any atom is 0.416 e. The van der Waals surface area contributed by atoms with E-state index in [9.17, 15) is 18.0 Å². The molecule has 0 spiro atoms. The quantitative estimate of drug-likeness (QED) is 0.486. The standard InChI is InChI=1S/C23H23F3N2O3/c1-2-30-22(29)20-11-16-10-17(12-27-21(16)28-20)31-13-14-7-8-18(15-5-3-4-6-15)19(9-14)23(24,25)26/h7-12,15H,2-6,13H2,1H3,(H,27,28). The molecular weight excluding hydrogens is 409 g/mol. The molecule has 0 saturated heterocycles. The summed E-state index contributed by atoms with van der Waals surface area (Å²) < 4.78 is 51.6. The number of esters is 1. The van der Waals surface area contributed by atoms with Gasteiger partial charge < -0.3 is 14.5 Å². The first-order valence-electron chi connectivity index (χ1n) is 10.3. The van der Waals surface area contributed by atoms with Crippen LogP contribution >= 0.6 is 0 Å². The van der Waals surface area contributed by atoms with Gasteiger partial charge in [0.15, 0.2) is 0 Å². The highest BCUT2D eigenvalue weighted by Gasteiger charge is 2.36. The maximum absolute atomic E-state index is 13.6. The van der Waals surface area contributed by atoms with Crippen LogP contribution in [-0.2, 0) is 17.5 Å². The van der Waals surface area contributed by atoms with Crippen molar-refractivity contribution in [1.82, 2.24) is 9.97 Å². The normalized spacial score (nSPS) is 14.8. The fraction of sp³-hybridized carbons (Fsp3) is 0.391. The monoisotopic (exact) mass is 432 g/mol. The van der Waals surface area contributed by atoms with E-state index >= 15 is 0 Å². The lowest BCUT2D eigenvalue weighted by Crippen LogP contribution is -2.12. The number of benzene rings is 1. The van der Waals surface area contributed by atoms with Gasteiger partial charge in [-0.15, -0.1) is 0 Å². The summed E-state index contributed by atoms with van der Waals surface area (Å²) in [5.74, 6) is -0.110. The SMILES string of the molecule is CCOC(=O)c1cc2cc(OCc3ccc(C4CCCC4)c(C(F)(F)F)c3)cnc2[nH]1. The Morgan fingerprint density at radius 2 is 1.97 bits per heavy atom. The van der Waals surface area contributed by atoms with E-state index in [1.54, 1.807) is 31.2 Å². The first-order chi connectivity index (χ1) is 14.8. The van der Waals surface area contributed by atoms with E-state index in [0.717, 1.165) is 25.7 Å². The van der Waals surface area contributed by atoms with Crippen LogP contribution in [0.2, 0.25) is 0 Å². The number of halogens is 3. The van der Waals surface area contributed by atoms with E-state index < -0.39 is 17.7 Å². The number of aromatic nitrogens is 2. The summed E-state index contributed by atoms with van der Waals surface area (Å²) in [4.78, 5) is 18.9. The van der Waals surface area contributed by atoms with Crippen LogP contribution < -0.4 is 4.74 Å². The van der Waals surface area contributed by atoms with Crippen LogP contribution in [0.5, 0.6) is 5.75 Å². The first kappa shape index (κ1) is 21.2. The smallest absolute Gasteiger partial charge is 0.416 e. The predicted octanol–water partition coefficient (Wildman–Crippen LogP) is 6.00. The number of hydrogen-bond donors (Lipinski definition) is 1. The molecule has 8 heteroatoms. The van der Waals surface area contributed by atoms with Crippen LogP contribution in [0.1, 0.15) is 65.7 Å². The molecule has 1 saturated carbocycles. The van der Waals surface area contributed by atoms with Crippen LogP contribution in [0.4, 0.5) is 13.2 Å². The Kier molecular flexibility index (Phi) is 5.89. The molecule has 0 radical (unpaired) electrons. The Bertz CT molecular complexity index is 1090. The number of hydrogen-bond acceptors (Lipinski definition) is 4. The minimum atomic E-state index is -4.40. The van der Waals surface area contributed by atoms with Crippen LogP contribution in [-0.4, -0.2) is 22.5 Å². The molecule has 0 atom stereocenters. The van der Waals surface area contributed by atoms with E-state index in [1.807, 2.05) is 0 Å². The van der Waals surface area contributed by atoms with Crippen molar-refractivity contribution in [3.8, 4) is 5.75 Å². The van der Waals surface area contributed by atoms with Crippen molar-refractivity contribution in [2.24, 2.45) is 0 Å². The molecule has 5 nitrogen and oxygen atoms in total. The lowest BCUT2D eigenvalue weighted by atomic mass is 9.91. The number of pyridine rings is 1. The second kappa shape index (κ2) is 8.61. The van der Waals surface area contributed by atoms with E-state index in [1.165, 1.54) is 12.3 Å². The number of carbonyl (C=O) groups is 1. The molecule has 1 fully saturated rings. The van der Waals surface area contributed by atoms with Gasteiger partial charge in [0.1, 0.15) is 23.7 Å². The van der Waals surface area contributed by atoms with Crippen molar-refractivity contribution in [3.63, 3.8) is 0 Å².